The number of hydrogen-bond acceptors (Lipinski definition) is 13. The average molecular weight is 620 g/mol. The van der Waals surface area contributed by atoms with Gasteiger partial charge >= 0.3 is 0 Å². The van der Waals surface area contributed by atoms with Gasteiger partial charge in [0.25, 0.3) is 0 Å². The van der Waals surface area contributed by atoms with Crippen LogP contribution in [0.25, 0.3) is 22.1 Å². The van der Waals surface area contributed by atoms with Crippen molar-refractivity contribution in [1.29, 1.82) is 0 Å². The standard InChI is InChI=1S/C17H25N7.C13H17ClN6/c1-3-12-13-14(23-16(21-12)19-8-10-4-5-10)15(18-2)24-17(22-13)20-9-11-6-7-11;1-3-8-9-10(18-12(14)17-8)11(15-2)20-13(19-9)16-6-7-4-5-7/h10-11H,3-9H2,1-2H3,(H,19,21,23)(H2,18,20,22,24);7H,3-6H2,1-2H3,(H2,15,16,19,20). The predicted octanol–water partition coefficient (Wildman–Crippen LogP) is 5.17. The molecule has 234 valence electrons. The SMILES string of the molecule is CCc1nc(Cl)nc2c(NC)nc(NCC3CC3)nc12.CCc1nc(NCC2CC2)nc2c(NC)nc(NCC3CC3)nc12. The van der Waals surface area contributed by atoms with Gasteiger partial charge in [-0.2, -0.15) is 9.97 Å². The van der Waals surface area contributed by atoms with E-state index >= 15 is 0 Å². The van der Waals surface area contributed by atoms with Crippen LogP contribution >= 0.6 is 11.6 Å². The van der Waals surface area contributed by atoms with E-state index in [9.17, 15) is 0 Å². The van der Waals surface area contributed by atoms with Crippen LogP contribution in [0.1, 0.15) is 63.8 Å². The van der Waals surface area contributed by atoms with E-state index in [2.05, 4.69) is 73.4 Å². The smallest absolute Gasteiger partial charge is 0.225 e. The highest BCUT2D eigenvalue weighted by Gasteiger charge is 2.24. The Morgan fingerprint density at radius 2 is 0.909 bits per heavy atom. The van der Waals surface area contributed by atoms with Gasteiger partial charge in [0.05, 0.1) is 11.4 Å². The molecule has 3 aliphatic rings. The largest absolute Gasteiger partial charge is 0.371 e. The molecule has 5 N–H and O–H groups in total. The maximum absolute atomic E-state index is 5.96. The van der Waals surface area contributed by atoms with Gasteiger partial charge in [0, 0.05) is 33.7 Å². The minimum absolute atomic E-state index is 0.230. The Hall–Kier alpha value is -3.87. The average Bonchev–Trinajstić information content (AvgIpc) is 3.88. The number of anilines is 5. The number of aromatic nitrogens is 8. The number of fused-ring (bicyclic) bond motifs is 2. The molecule has 3 saturated carbocycles. The highest BCUT2D eigenvalue weighted by molar-refractivity contribution is 6.28. The summed E-state index contributed by atoms with van der Waals surface area (Å²) >= 11 is 5.96. The lowest BCUT2D eigenvalue weighted by Gasteiger charge is -2.13. The molecule has 0 amide bonds. The third kappa shape index (κ3) is 7.43. The third-order valence-electron chi connectivity index (χ3n) is 8.09. The fourth-order valence-corrected chi connectivity index (χ4v) is 5.06. The van der Waals surface area contributed by atoms with Gasteiger partial charge in [-0.25, -0.2) is 29.9 Å². The zero-order valence-corrected chi connectivity index (χ0v) is 26.7. The highest BCUT2D eigenvalue weighted by atomic mass is 35.5. The molecule has 0 aromatic carbocycles. The first-order valence-corrected chi connectivity index (χ1v) is 16.3. The van der Waals surface area contributed by atoms with Gasteiger partial charge in [0.15, 0.2) is 11.6 Å². The van der Waals surface area contributed by atoms with Crippen LogP contribution < -0.4 is 26.6 Å². The molecule has 0 bridgehead atoms. The predicted molar refractivity (Wildman–Crippen MR) is 177 cm³/mol. The van der Waals surface area contributed by atoms with E-state index in [1.807, 2.05) is 21.0 Å². The van der Waals surface area contributed by atoms with E-state index in [1.54, 1.807) is 0 Å². The monoisotopic (exact) mass is 619 g/mol. The van der Waals surface area contributed by atoms with Gasteiger partial charge in [-0.15, -0.1) is 0 Å². The Morgan fingerprint density at radius 1 is 0.523 bits per heavy atom. The maximum atomic E-state index is 5.96. The van der Waals surface area contributed by atoms with Crippen molar-refractivity contribution in [2.75, 3.05) is 60.3 Å². The summed E-state index contributed by atoms with van der Waals surface area (Å²) in [4.78, 5) is 36.1. The van der Waals surface area contributed by atoms with Gasteiger partial charge in [-0.1, -0.05) is 13.8 Å². The molecule has 0 radical (unpaired) electrons. The Balaban J connectivity index is 0.000000159. The van der Waals surface area contributed by atoms with Gasteiger partial charge < -0.3 is 26.6 Å². The summed E-state index contributed by atoms with van der Waals surface area (Å²) in [6, 6.07) is 0. The van der Waals surface area contributed by atoms with Crippen LogP contribution in [0, 0.1) is 17.8 Å². The fourth-order valence-electron chi connectivity index (χ4n) is 4.87. The van der Waals surface area contributed by atoms with E-state index in [1.165, 1.54) is 38.5 Å². The minimum Gasteiger partial charge on any atom is -0.371 e. The molecule has 14 heteroatoms. The number of nitrogens with one attached hydrogen (secondary N) is 5. The van der Waals surface area contributed by atoms with Crippen molar-refractivity contribution in [2.45, 2.75) is 65.2 Å². The molecule has 7 rings (SSSR count). The van der Waals surface area contributed by atoms with Crippen LogP contribution in [0.5, 0.6) is 0 Å². The first kappa shape index (κ1) is 30.2. The molecule has 0 atom stereocenters. The van der Waals surface area contributed by atoms with Crippen molar-refractivity contribution in [3.63, 3.8) is 0 Å². The zero-order valence-electron chi connectivity index (χ0n) is 26.0. The lowest BCUT2D eigenvalue weighted by atomic mass is 10.2. The summed E-state index contributed by atoms with van der Waals surface area (Å²) < 4.78 is 0. The molecular formula is C30H42ClN13. The Kier molecular flexibility index (Phi) is 9.20. The summed E-state index contributed by atoms with van der Waals surface area (Å²) in [6.07, 6.45) is 9.37. The van der Waals surface area contributed by atoms with E-state index < -0.39 is 0 Å². The quantitative estimate of drug-likeness (QED) is 0.125. The van der Waals surface area contributed by atoms with E-state index in [-0.39, 0.29) is 5.28 Å². The summed E-state index contributed by atoms with van der Waals surface area (Å²) in [5, 5.41) is 16.5. The van der Waals surface area contributed by atoms with Crippen molar-refractivity contribution in [3.05, 3.63) is 16.7 Å². The topological polar surface area (TPSA) is 163 Å². The Morgan fingerprint density at radius 3 is 1.32 bits per heavy atom. The van der Waals surface area contributed by atoms with Crippen LogP contribution in [0.15, 0.2) is 0 Å². The molecule has 44 heavy (non-hydrogen) atoms. The van der Waals surface area contributed by atoms with Crippen molar-refractivity contribution >= 4 is 63.1 Å². The summed E-state index contributed by atoms with van der Waals surface area (Å²) in [5.74, 6) is 5.72. The molecule has 4 aromatic heterocycles. The molecular weight excluding hydrogens is 578 g/mol. The van der Waals surface area contributed by atoms with Crippen LogP contribution in [-0.2, 0) is 12.8 Å². The minimum atomic E-state index is 0.230. The first-order chi connectivity index (χ1) is 21.5. The molecule has 4 heterocycles. The lowest BCUT2D eigenvalue weighted by molar-refractivity contribution is 0.866. The number of rotatable bonds is 13. The summed E-state index contributed by atoms with van der Waals surface area (Å²) in [6.45, 7) is 6.94. The molecule has 0 aliphatic heterocycles. The van der Waals surface area contributed by atoms with Crippen LogP contribution in [-0.4, -0.2) is 73.6 Å². The van der Waals surface area contributed by atoms with Crippen LogP contribution in [0.3, 0.4) is 0 Å². The van der Waals surface area contributed by atoms with Gasteiger partial charge in [-0.3, -0.25) is 0 Å². The lowest BCUT2D eigenvalue weighted by Crippen LogP contribution is -2.12. The Bertz CT molecular complexity index is 1560. The van der Waals surface area contributed by atoms with E-state index in [0.29, 0.717) is 29.2 Å². The third-order valence-corrected chi connectivity index (χ3v) is 8.25. The summed E-state index contributed by atoms with van der Waals surface area (Å²) in [7, 11) is 3.69. The molecule has 3 aliphatic carbocycles. The molecule has 13 nitrogen and oxygen atoms in total. The van der Waals surface area contributed by atoms with Crippen molar-refractivity contribution in [2.24, 2.45) is 17.8 Å². The van der Waals surface area contributed by atoms with E-state index in [0.717, 1.165) is 84.0 Å². The van der Waals surface area contributed by atoms with Gasteiger partial charge in [0.2, 0.25) is 23.1 Å². The number of aryl methyl sites for hydroxylation is 2. The molecule has 0 unspecified atom stereocenters. The molecule has 0 saturated heterocycles. The second-order valence-electron chi connectivity index (χ2n) is 11.8. The highest BCUT2D eigenvalue weighted by Crippen LogP contribution is 2.31. The van der Waals surface area contributed by atoms with Gasteiger partial charge in [0.1, 0.15) is 22.1 Å². The normalized spacial score (nSPS) is 15.9. The molecule has 3 fully saturated rings. The van der Waals surface area contributed by atoms with Gasteiger partial charge in [-0.05, 0) is 80.7 Å². The van der Waals surface area contributed by atoms with Crippen molar-refractivity contribution in [3.8, 4) is 0 Å². The maximum Gasteiger partial charge on any atom is 0.225 e. The number of hydrogen-bond donors (Lipinski definition) is 5. The van der Waals surface area contributed by atoms with Crippen molar-refractivity contribution < 1.29 is 0 Å². The second kappa shape index (κ2) is 13.4. The molecule has 0 spiro atoms. The van der Waals surface area contributed by atoms with Crippen molar-refractivity contribution in [1.82, 2.24) is 39.9 Å². The van der Waals surface area contributed by atoms with E-state index in [4.69, 9.17) is 11.6 Å². The first-order valence-electron chi connectivity index (χ1n) is 15.9. The fraction of sp³-hybridized carbons (Fsp3) is 0.600. The van der Waals surface area contributed by atoms with Crippen LogP contribution in [0.4, 0.5) is 29.5 Å². The molecule has 4 aromatic rings. The number of nitrogens with zero attached hydrogens (tertiary/aromatic N) is 8. The summed E-state index contributed by atoms with van der Waals surface area (Å²) in [5.41, 5.74) is 4.86. The van der Waals surface area contributed by atoms with Crippen LogP contribution in [0.2, 0.25) is 5.28 Å². The number of halogens is 1. The Labute approximate surface area is 262 Å². The zero-order chi connectivity index (χ0) is 30.6. The second-order valence-corrected chi connectivity index (χ2v) is 12.1.